The number of rotatable bonds is 3. The van der Waals surface area contributed by atoms with Gasteiger partial charge in [-0.15, -0.1) is 0 Å². The van der Waals surface area contributed by atoms with Crippen molar-refractivity contribution in [1.29, 1.82) is 0 Å². The smallest absolute Gasteiger partial charge is 0.134 e. The Bertz CT molecular complexity index is 177. The van der Waals surface area contributed by atoms with Crippen LogP contribution in [0.3, 0.4) is 0 Å². The van der Waals surface area contributed by atoms with E-state index < -0.39 is 0 Å². The third-order valence-corrected chi connectivity index (χ3v) is 4.50. The normalized spacial score (nSPS) is 29.7. The van der Waals surface area contributed by atoms with Gasteiger partial charge in [-0.2, -0.15) is 11.8 Å². The van der Waals surface area contributed by atoms with Crippen LogP contribution in [0.25, 0.3) is 0 Å². The molecule has 0 aromatic carbocycles. The van der Waals surface area contributed by atoms with E-state index in [2.05, 4.69) is 20.8 Å². The molecule has 1 fully saturated rings. The summed E-state index contributed by atoms with van der Waals surface area (Å²) >= 11 is 2.00. The number of hydrogen-bond donors (Lipinski definition) is 0. The third kappa shape index (κ3) is 3.72. The highest BCUT2D eigenvalue weighted by atomic mass is 32.2. The zero-order valence-electron chi connectivity index (χ0n) is 8.88. The van der Waals surface area contributed by atoms with Crippen LogP contribution in [-0.2, 0) is 4.79 Å². The van der Waals surface area contributed by atoms with E-state index in [0.717, 1.165) is 31.1 Å². The van der Waals surface area contributed by atoms with Crippen LogP contribution >= 0.6 is 11.8 Å². The van der Waals surface area contributed by atoms with Crippen molar-refractivity contribution in [3.8, 4) is 0 Å². The van der Waals surface area contributed by atoms with Crippen LogP contribution in [0.5, 0.6) is 0 Å². The first kappa shape index (κ1) is 11.1. The predicted octanol–water partition coefficient (Wildman–Crippen LogP) is 3.13. The molecule has 1 aliphatic carbocycles. The largest absolute Gasteiger partial charge is 0.300 e. The van der Waals surface area contributed by atoms with Gasteiger partial charge in [0.1, 0.15) is 5.78 Å². The number of hydrogen-bond acceptors (Lipinski definition) is 2. The Kier molecular flexibility index (Phi) is 4.30. The number of thioether (sulfide) groups is 1. The van der Waals surface area contributed by atoms with Gasteiger partial charge in [0, 0.05) is 18.1 Å². The van der Waals surface area contributed by atoms with E-state index in [-0.39, 0.29) is 0 Å². The third-order valence-electron chi connectivity index (χ3n) is 2.59. The standard InChI is InChI=1S/C11H20OS/c1-8(2)7-13-11-6-10(12)5-4-9(11)3/h8-9,11H,4-7H2,1-3H3. The topological polar surface area (TPSA) is 17.1 Å². The highest BCUT2D eigenvalue weighted by Gasteiger charge is 2.26. The quantitative estimate of drug-likeness (QED) is 0.696. The molecule has 1 nitrogen and oxygen atoms in total. The molecule has 2 atom stereocenters. The molecular formula is C11H20OS. The maximum Gasteiger partial charge on any atom is 0.134 e. The second-order valence-electron chi connectivity index (χ2n) is 4.52. The van der Waals surface area contributed by atoms with Gasteiger partial charge in [0.2, 0.25) is 0 Å². The van der Waals surface area contributed by atoms with E-state index in [1.54, 1.807) is 0 Å². The van der Waals surface area contributed by atoms with Crippen molar-refractivity contribution < 1.29 is 4.79 Å². The van der Waals surface area contributed by atoms with Gasteiger partial charge < -0.3 is 0 Å². The lowest BCUT2D eigenvalue weighted by molar-refractivity contribution is -0.120. The molecule has 0 spiro atoms. The van der Waals surface area contributed by atoms with Crippen molar-refractivity contribution in [1.82, 2.24) is 0 Å². The average Bonchev–Trinajstić information content (AvgIpc) is 2.06. The Labute approximate surface area is 85.7 Å². The van der Waals surface area contributed by atoms with Crippen LogP contribution in [-0.4, -0.2) is 16.8 Å². The monoisotopic (exact) mass is 200 g/mol. The molecule has 0 radical (unpaired) electrons. The summed E-state index contributed by atoms with van der Waals surface area (Å²) < 4.78 is 0. The maximum absolute atomic E-state index is 11.3. The van der Waals surface area contributed by atoms with Crippen LogP contribution in [0.15, 0.2) is 0 Å². The minimum atomic E-state index is 0.472. The van der Waals surface area contributed by atoms with Crippen molar-refractivity contribution in [2.75, 3.05) is 5.75 Å². The molecule has 13 heavy (non-hydrogen) atoms. The van der Waals surface area contributed by atoms with E-state index in [9.17, 15) is 4.79 Å². The van der Waals surface area contributed by atoms with Gasteiger partial charge >= 0.3 is 0 Å². The summed E-state index contributed by atoms with van der Waals surface area (Å²) in [7, 11) is 0. The molecule has 76 valence electrons. The van der Waals surface area contributed by atoms with E-state index in [1.807, 2.05) is 11.8 Å². The Morgan fingerprint density at radius 1 is 1.54 bits per heavy atom. The first-order chi connectivity index (χ1) is 6.09. The van der Waals surface area contributed by atoms with Crippen molar-refractivity contribution >= 4 is 17.5 Å². The van der Waals surface area contributed by atoms with E-state index in [0.29, 0.717) is 11.0 Å². The zero-order valence-corrected chi connectivity index (χ0v) is 9.69. The van der Waals surface area contributed by atoms with Crippen molar-refractivity contribution in [2.45, 2.75) is 45.3 Å². The van der Waals surface area contributed by atoms with E-state index in [4.69, 9.17) is 0 Å². The molecule has 0 aromatic heterocycles. The molecule has 0 N–H and O–H groups in total. The van der Waals surface area contributed by atoms with Crippen LogP contribution in [0.4, 0.5) is 0 Å². The van der Waals surface area contributed by atoms with E-state index >= 15 is 0 Å². The summed E-state index contributed by atoms with van der Waals surface area (Å²) in [5.74, 6) is 3.15. The Morgan fingerprint density at radius 2 is 2.23 bits per heavy atom. The second-order valence-corrected chi connectivity index (χ2v) is 5.80. The Morgan fingerprint density at radius 3 is 2.85 bits per heavy atom. The van der Waals surface area contributed by atoms with Gasteiger partial charge in [0.05, 0.1) is 0 Å². The van der Waals surface area contributed by atoms with Crippen molar-refractivity contribution in [2.24, 2.45) is 11.8 Å². The first-order valence-electron chi connectivity index (χ1n) is 5.23. The summed E-state index contributed by atoms with van der Waals surface area (Å²) in [6.45, 7) is 6.76. The Balaban J connectivity index is 2.33. The summed E-state index contributed by atoms with van der Waals surface area (Å²) in [6.07, 6.45) is 2.74. The lowest BCUT2D eigenvalue weighted by Crippen LogP contribution is -2.25. The molecule has 0 bridgehead atoms. The Hall–Kier alpha value is 0.0200. The molecule has 0 saturated heterocycles. The molecule has 2 unspecified atom stereocenters. The molecule has 1 aliphatic rings. The fraction of sp³-hybridized carbons (Fsp3) is 0.909. The van der Waals surface area contributed by atoms with E-state index in [1.165, 1.54) is 5.75 Å². The van der Waals surface area contributed by atoms with Crippen LogP contribution < -0.4 is 0 Å². The number of ketones is 1. The molecule has 0 aromatic rings. The lowest BCUT2D eigenvalue weighted by Gasteiger charge is -2.27. The molecule has 0 aliphatic heterocycles. The van der Waals surface area contributed by atoms with Gasteiger partial charge in [-0.05, 0) is 24.0 Å². The minimum Gasteiger partial charge on any atom is -0.300 e. The summed E-state index contributed by atoms with van der Waals surface area (Å²) in [5.41, 5.74) is 0. The molecule has 2 heteroatoms. The summed E-state index contributed by atoms with van der Waals surface area (Å²) in [6, 6.07) is 0. The lowest BCUT2D eigenvalue weighted by atomic mass is 9.89. The first-order valence-corrected chi connectivity index (χ1v) is 6.27. The van der Waals surface area contributed by atoms with Crippen LogP contribution in [0, 0.1) is 11.8 Å². The molecular weight excluding hydrogens is 180 g/mol. The van der Waals surface area contributed by atoms with Crippen LogP contribution in [0.1, 0.15) is 40.0 Å². The van der Waals surface area contributed by atoms with Gasteiger partial charge in [0.15, 0.2) is 0 Å². The molecule has 0 amide bonds. The summed E-state index contributed by atoms with van der Waals surface area (Å²) in [4.78, 5) is 11.3. The maximum atomic E-state index is 11.3. The molecule has 0 heterocycles. The fourth-order valence-corrected chi connectivity index (χ4v) is 3.04. The highest BCUT2D eigenvalue weighted by molar-refractivity contribution is 7.99. The minimum absolute atomic E-state index is 0.472. The van der Waals surface area contributed by atoms with Gasteiger partial charge in [0.25, 0.3) is 0 Å². The second kappa shape index (κ2) is 5.04. The SMILES string of the molecule is CC(C)CSC1CC(=O)CCC1C. The zero-order chi connectivity index (χ0) is 9.84. The number of Topliss-reactive ketones (excluding diaryl/α,β-unsaturated/α-hetero) is 1. The molecule has 1 saturated carbocycles. The number of carbonyl (C=O) groups excluding carboxylic acids is 1. The molecule has 1 rings (SSSR count). The van der Waals surface area contributed by atoms with Gasteiger partial charge in [-0.25, -0.2) is 0 Å². The van der Waals surface area contributed by atoms with Crippen molar-refractivity contribution in [3.05, 3.63) is 0 Å². The highest BCUT2D eigenvalue weighted by Crippen LogP contribution is 2.32. The predicted molar refractivity (Wildman–Crippen MR) is 59.1 cm³/mol. The number of carbonyl (C=O) groups is 1. The average molecular weight is 200 g/mol. The van der Waals surface area contributed by atoms with Crippen LogP contribution in [0.2, 0.25) is 0 Å². The van der Waals surface area contributed by atoms with Gasteiger partial charge in [-0.3, -0.25) is 4.79 Å². The summed E-state index contributed by atoms with van der Waals surface area (Å²) in [5, 5.41) is 0.601. The van der Waals surface area contributed by atoms with Crippen molar-refractivity contribution in [3.63, 3.8) is 0 Å². The van der Waals surface area contributed by atoms with Gasteiger partial charge in [-0.1, -0.05) is 20.8 Å². The fourth-order valence-electron chi connectivity index (χ4n) is 1.64.